The lowest BCUT2D eigenvalue weighted by atomic mass is 9.98. The predicted octanol–water partition coefficient (Wildman–Crippen LogP) is 2.12. The van der Waals surface area contributed by atoms with Crippen LogP contribution in [0.5, 0.6) is 5.75 Å². The first kappa shape index (κ1) is 14.9. The molecule has 0 aromatic heterocycles. The van der Waals surface area contributed by atoms with Crippen LogP contribution in [0.3, 0.4) is 0 Å². The normalized spacial score (nSPS) is 18.9. The maximum Gasteiger partial charge on any atom is 0.227 e. The van der Waals surface area contributed by atoms with Crippen molar-refractivity contribution >= 4 is 5.91 Å². The lowest BCUT2D eigenvalue weighted by Crippen LogP contribution is -2.41. The molecule has 2 rings (SSSR count). The SMILES string of the molecule is COCC1CCCN(C(=O)Cc2cccc(OC)c2)C1. The zero-order valence-corrected chi connectivity index (χ0v) is 12.3. The number of piperidine rings is 1. The van der Waals surface area contributed by atoms with Crippen molar-refractivity contribution in [2.24, 2.45) is 5.92 Å². The van der Waals surface area contributed by atoms with Gasteiger partial charge in [-0.3, -0.25) is 4.79 Å². The summed E-state index contributed by atoms with van der Waals surface area (Å²) in [5.41, 5.74) is 1.00. The van der Waals surface area contributed by atoms with Crippen molar-refractivity contribution in [2.75, 3.05) is 33.9 Å². The molecule has 20 heavy (non-hydrogen) atoms. The second-order valence-corrected chi connectivity index (χ2v) is 5.33. The Morgan fingerprint density at radius 3 is 3.00 bits per heavy atom. The number of methoxy groups -OCH3 is 2. The van der Waals surface area contributed by atoms with Crippen LogP contribution < -0.4 is 4.74 Å². The Balaban J connectivity index is 1.93. The number of likely N-dealkylation sites (tertiary alicyclic amines) is 1. The van der Waals surface area contributed by atoms with Gasteiger partial charge in [-0.2, -0.15) is 0 Å². The Morgan fingerprint density at radius 1 is 1.40 bits per heavy atom. The van der Waals surface area contributed by atoms with Crippen molar-refractivity contribution < 1.29 is 14.3 Å². The van der Waals surface area contributed by atoms with E-state index in [1.54, 1.807) is 14.2 Å². The van der Waals surface area contributed by atoms with Gasteiger partial charge in [0, 0.05) is 20.2 Å². The van der Waals surface area contributed by atoms with Gasteiger partial charge in [-0.1, -0.05) is 12.1 Å². The molecule has 0 bridgehead atoms. The highest BCUT2D eigenvalue weighted by Crippen LogP contribution is 2.19. The first-order chi connectivity index (χ1) is 9.72. The molecule has 0 aliphatic carbocycles. The summed E-state index contributed by atoms with van der Waals surface area (Å²) in [5.74, 6) is 1.47. The van der Waals surface area contributed by atoms with E-state index < -0.39 is 0 Å². The molecule has 1 amide bonds. The summed E-state index contributed by atoms with van der Waals surface area (Å²) < 4.78 is 10.4. The molecule has 1 aliphatic rings. The van der Waals surface area contributed by atoms with E-state index in [2.05, 4.69) is 0 Å². The van der Waals surface area contributed by atoms with E-state index in [4.69, 9.17) is 9.47 Å². The molecule has 0 N–H and O–H groups in total. The highest BCUT2D eigenvalue weighted by molar-refractivity contribution is 5.79. The fourth-order valence-corrected chi connectivity index (χ4v) is 2.73. The maximum atomic E-state index is 12.4. The molecule has 1 fully saturated rings. The van der Waals surface area contributed by atoms with Gasteiger partial charge in [0.15, 0.2) is 0 Å². The number of benzene rings is 1. The molecule has 1 heterocycles. The quantitative estimate of drug-likeness (QED) is 0.827. The summed E-state index contributed by atoms with van der Waals surface area (Å²) >= 11 is 0. The van der Waals surface area contributed by atoms with Gasteiger partial charge < -0.3 is 14.4 Å². The number of carbonyl (C=O) groups excluding carboxylic acids is 1. The van der Waals surface area contributed by atoms with Crippen molar-refractivity contribution in [2.45, 2.75) is 19.3 Å². The van der Waals surface area contributed by atoms with Crippen LogP contribution in [0.25, 0.3) is 0 Å². The Morgan fingerprint density at radius 2 is 2.25 bits per heavy atom. The third-order valence-corrected chi connectivity index (χ3v) is 3.76. The molecule has 0 radical (unpaired) electrons. The molecule has 0 saturated carbocycles. The van der Waals surface area contributed by atoms with Gasteiger partial charge >= 0.3 is 0 Å². The Labute approximate surface area is 120 Å². The average molecular weight is 277 g/mol. The highest BCUT2D eigenvalue weighted by atomic mass is 16.5. The minimum Gasteiger partial charge on any atom is -0.497 e. The number of nitrogens with zero attached hydrogens (tertiary/aromatic N) is 1. The van der Waals surface area contributed by atoms with Crippen LogP contribution in [0.4, 0.5) is 0 Å². The van der Waals surface area contributed by atoms with E-state index in [1.165, 1.54) is 0 Å². The maximum absolute atomic E-state index is 12.4. The van der Waals surface area contributed by atoms with Crippen LogP contribution in [-0.2, 0) is 16.0 Å². The van der Waals surface area contributed by atoms with E-state index in [1.807, 2.05) is 29.2 Å². The molecule has 4 heteroatoms. The van der Waals surface area contributed by atoms with Crippen molar-refractivity contribution in [1.29, 1.82) is 0 Å². The van der Waals surface area contributed by atoms with Gasteiger partial charge in [-0.25, -0.2) is 0 Å². The Hall–Kier alpha value is -1.55. The Bertz CT molecular complexity index is 445. The highest BCUT2D eigenvalue weighted by Gasteiger charge is 2.23. The predicted molar refractivity (Wildman–Crippen MR) is 77.9 cm³/mol. The Kier molecular flexibility index (Phi) is 5.41. The molecule has 1 aromatic carbocycles. The minimum atomic E-state index is 0.194. The van der Waals surface area contributed by atoms with Crippen LogP contribution in [0.2, 0.25) is 0 Å². The molecule has 110 valence electrons. The van der Waals surface area contributed by atoms with Crippen molar-refractivity contribution in [1.82, 2.24) is 4.90 Å². The van der Waals surface area contributed by atoms with Crippen molar-refractivity contribution in [3.05, 3.63) is 29.8 Å². The smallest absolute Gasteiger partial charge is 0.227 e. The van der Waals surface area contributed by atoms with Crippen LogP contribution in [0.1, 0.15) is 18.4 Å². The van der Waals surface area contributed by atoms with E-state index in [0.717, 1.165) is 43.9 Å². The molecule has 1 unspecified atom stereocenters. The van der Waals surface area contributed by atoms with Crippen LogP contribution in [0, 0.1) is 5.92 Å². The standard InChI is InChI=1S/C16H23NO3/c1-19-12-14-6-4-8-17(11-14)16(18)10-13-5-3-7-15(9-13)20-2/h3,5,7,9,14H,4,6,8,10-12H2,1-2H3. The second-order valence-electron chi connectivity index (χ2n) is 5.33. The summed E-state index contributed by atoms with van der Waals surface area (Å²) in [4.78, 5) is 14.3. The number of ether oxygens (including phenoxy) is 2. The fourth-order valence-electron chi connectivity index (χ4n) is 2.73. The van der Waals surface area contributed by atoms with Crippen molar-refractivity contribution in [3.63, 3.8) is 0 Å². The molecule has 1 atom stereocenters. The second kappa shape index (κ2) is 7.29. The van der Waals surface area contributed by atoms with E-state index in [9.17, 15) is 4.79 Å². The summed E-state index contributed by atoms with van der Waals surface area (Å²) in [6.45, 7) is 2.42. The largest absolute Gasteiger partial charge is 0.497 e. The van der Waals surface area contributed by atoms with E-state index in [0.29, 0.717) is 12.3 Å². The third kappa shape index (κ3) is 3.97. The zero-order chi connectivity index (χ0) is 14.4. The lowest BCUT2D eigenvalue weighted by molar-refractivity contribution is -0.132. The first-order valence-electron chi connectivity index (χ1n) is 7.12. The van der Waals surface area contributed by atoms with Crippen LogP contribution in [-0.4, -0.2) is 44.7 Å². The van der Waals surface area contributed by atoms with Crippen LogP contribution >= 0.6 is 0 Å². The van der Waals surface area contributed by atoms with E-state index in [-0.39, 0.29) is 5.91 Å². The molecule has 1 saturated heterocycles. The number of carbonyl (C=O) groups is 1. The summed E-state index contributed by atoms with van der Waals surface area (Å²) in [6, 6.07) is 7.71. The first-order valence-corrected chi connectivity index (χ1v) is 7.12. The summed E-state index contributed by atoms with van der Waals surface area (Å²) in [5, 5.41) is 0. The molecular formula is C16H23NO3. The van der Waals surface area contributed by atoms with Crippen molar-refractivity contribution in [3.8, 4) is 5.75 Å². The summed E-state index contributed by atoms with van der Waals surface area (Å²) in [7, 11) is 3.36. The number of hydrogen-bond acceptors (Lipinski definition) is 3. The minimum absolute atomic E-state index is 0.194. The molecule has 4 nitrogen and oxygen atoms in total. The van der Waals surface area contributed by atoms with Gasteiger partial charge in [0.1, 0.15) is 5.75 Å². The summed E-state index contributed by atoms with van der Waals surface area (Å²) in [6.07, 6.45) is 2.66. The van der Waals surface area contributed by atoms with Crippen LogP contribution in [0.15, 0.2) is 24.3 Å². The van der Waals surface area contributed by atoms with Gasteiger partial charge in [-0.05, 0) is 36.5 Å². The molecule has 1 aromatic rings. The lowest BCUT2D eigenvalue weighted by Gasteiger charge is -2.32. The zero-order valence-electron chi connectivity index (χ0n) is 12.3. The molecule has 1 aliphatic heterocycles. The van der Waals surface area contributed by atoms with Gasteiger partial charge in [0.05, 0.1) is 20.1 Å². The van der Waals surface area contributed by atoms with Gasteiger partial charge in [0.2, 0.25) is 5.91 Å². The third-order valence-electron chi connectivity index (χ3n) is 3.76. The number of rotatable bonds is 5. The van der Waals surface area contributed by atoms with Gasteiger partial charge in [-0.15, -0.1) is 0 Å². The van der Waals surface area contributed by atoms with E-state index >= 15 is 0 Å². The number of amides is 1. The fraction of sp³-hybridized carbons (Fsp3) is 0.562. The molecular weight excluding hydrogens is 254 g/mol. The monoisotopic (exact) mass is 277 g/mol. The molecule has 0 spiro atoms. The van der Waals surface area contributed by atoms with Gasteiger partial charge in [0.25, 0.3) is 0 Å². The topological polar surface area (TPSA) is 38.8 Å². The number of hydrogen-bond donors (Lipinski definition) is 0. The average Bonchev–Trinajstić information content (AvgIpc) is 2.48.